The van der Waals surface area contributed by atoms with Gasteiger partial charge in [0.15, 0.2) is 17.2 Å². The van der Waals surface area contributed by atoms with E-state index in [4.69, 9.17) is 42.9 Å². The van der Waals surface area contributed by atoms with Crippen LogP contribution in [0.4, 0.5) is 0 Å². The highest BCUT2D eigenvalue weighted by Crippen LogP contribution is 2.46. The lowest BCUT2D eigenvalue weighted by Gasteiger charge is -2.29. The summed E-state index contributed by atoms with van der Waals surface area (Å²) in [5.74, 6) is 2.83. The number of carbonyl (C=O) groups excluding carboxylic acids is 3. The van der Waals surface area contributed by atoms with Gasteiger partial charge >= 0.3 is 17.9 Å². The predicted molar refractivity (Wildman–Crippen MR) is 424 cm³/mol. The van der Waals surface area contributed by atoms with Crippen molar-refractivity contribution in [2.75, 3.05) is 42.7 Å². The van der Waals surface area contributed by atoms with E-state index < -0.39 is 36.0 Å². The second-order valence-corrected chi connectivity index (χ2v) is 36.7. The summed E-state index contributed by atoms with van der Waals surface area (Å²) in [6.45, 7) is 52.6. The maximum absolute atomic E-state index is 13.9. The molecular formula is C90H129N3O12. The van der Waals surface area contributed by atoms with E-state index in [0.717, 1.165) is 100 Å². The van der Waals surface area contributed by atoms with Crippen LogP contribution in [0.3, 0.4) is 0 Å². The average Bonchev–Trinajstić information content (AvgIpc) is 0.769. The zero-order valence-electron chi connectivity index (χ0n) is 69.7. The number of methoxy groups -OCH3 is 6. The number of esters is 3. The average molecular weight is 1450 g/mol. The number of benzene rings is 6. The first-order valence-electron chi connectivity index (χ1n) is 37.8. The van der Waals surface area contributed by atoms with E-state index in [0.29, 0.717) is 92.3 Å². The van der Waals surface area contributed by atoms with Gasteiger partial charge in [0.1, 0.15) is 35.4 Å². The summed E-state index contributed by atoms with van der Waals surface area (Å²) in [6.07, 6.45) is 3.45. The zero-order chi connectivity index (χ0) is 78.4. The highest BCUT2D eigenvalue weighted by Gasteiger charge is 2.34. The molecule has 1 aliphatic rings. The summed E-state index contributed by atoms with van der Waals surface area (Å²) >= 11 is 0. The molecule has 6 aromatic rings. The molecule has 0 aromatic heterocycles. The molecule has 0 aliphatic heterocycles. The fourth-order valence-corrected chi connectivity index (χ4v) is 13.9. The van der Waals surface area contributed by atoms with Gasteiger partial charge in [0.2, 0.25) is 0 Å². The van der Waals surface area contributed by atoms with E-state index in [9.17, 15) is 14.4 Å². The lowest BCUT2D eigenvalue weighted by atomic mass is 9.79. The molecule has 3 atom stereocenters. The van der Waals surface area contributed by atoms with Crippen molar-refractivity contribution < 1.29 is 57.3 Å². The largest absolute Gasteiger partial charge is 0.496 e. The lowest BCUT2D eigenvalue weighted by molar-refractivity contribution is -0.146. The number of carbonyl (C=O) groups is 3. The van der Waals surface area contributed by atoms with Gasteiger partial charge < -0.3 is 42.9 Å². The molecule has 0 spiro atoms. The quantitative estimate of drug-likeness (QED) is 0.0352. The van der Waals surface area contributed by atoms with Crippen LogP contribution in [0.5, 0.6) is 34.5 Å². The molecule has 0 fully saturated rings. The molecule has 7 rings (SSSR count). The summed E-state index contributed by atoms with van der Waals surface area (Å²) in [5.41, 5.74) is 25.0. The Labute approximate surface area is 630 Å². The number of rotatable bonds is 21. The van der Waals surface area contributed by atoms with Crippen molar-refractivity contribution in [2.24, 2.45) is 17.8 Å². The van der Waals surface area contributed by atoms with E-state index in [1.54, 1.807) is 21.3 Å². The maximum Gasteiger partial charge on any atom is 0.326 e. The molecule has 12 bridgehead atoms. The van der Waals surface area contributed by atoms with E-state index in [-0.39, 0.29) is 50.2 Å². The van der Waals surface area contributed by atoms with Gasteiger partial charge in [0.05, 0.1) is 42.7 Å². The van der Waals surface area contributed by atoms with Gasteiger partial charge in [0.25, 0.3) is 0 Å². The van der Waals surface area contributed by atoms with Gasteiger partial charge in [-0.3, -0.25) is 14.4 Å². The Morgan fingerprint density at radius 3 is 0.533 bits per heavy atom. The Hall–Kier alpha value is -7.59. The Morgan fingerprint density at radius 2 is 0.419 bits per heavy atom. The minimum atomic E-state index is -0.806. The third kappa shape index (κ3) is 21.6. The molecule has 576 valence electrons. The van der Waals surface area contributed by atoms with Crippen molar-refractivity contribution >= 4 is 17.9 Å². The van der Waals surface area contributed by atoms with Crippen LogP contribution in [0.25, 0.3) is 0 Å². The van der Waals surface area contributed by atoms with Crippen LogP contribution in [0.15, 0.2) is 72.8 Å². The highest BCUT2D eigenvalue weighted by atomic mass is 16.7. The van der Waals surface area contributed by atoms with Crippen molar-refractivity contribution in [2.45, 2.75) is 275 Å². The zero-order valence-corrected chi connectivity index (χ0v) is 69.7. The van der Waals surface area contributed by atoms with Crippen LogP contribution < -0.4 is 45.2 Å². The molecule has 0 amide bonds. The molecule has 15 heteroatoms. The Morgan fingerprint density at radius 1 is 0.276 bits per heavy atom. The van der Waals surface area contributed by atoms with Gasteiger partial charge in [-0.1, -0.05) is 239 Å². The van der Waals surface area contributed by atoms with Crippen LogP contribution in [-0.4, -0.2) is 78.7 Å². The molecule has 0 saturated heterocycles. The van der Waals surface area contributed by atoms with E-state index in [1.165, 1.54) is 21.3 Å². The molecule has 3 N–H and O–H groups in total. The fraction of sp³-hybridized carbons (Fsp3) is 0.567. The molecule has 3 unspecified atom stereocenters. The molecular weight excluding hydrogens is 1310 g/mol. The summed E-state index contributed by atoms with van der Waals surface area (Å²) < 4.78 is 36.8. The SMILES string of the molecule is COC(=O)C(CC(C)C)NOc1c2cc(C(C)(C)C)cc1Cc1cc(C(C)(C)C)cc(c1OC)Cc1cc(C(C)(C)C)cc(c1ONC(CC(C)C)C(=O)OC)Cc1cc(C(C)(C)C)cc(c1OC)Cc1cc(C(C)(C)C)cc(c1ONC(CC(C)C)C(=O)OC)Cc1cc(C(C)(C)C)cc(c1OC)C2. The van der Waals surface area contributed by atoms with Crippen molar-refractivity contribution in [3.8, 4) is 34.5 Å². The number of hydrogen-bond donors (Lipinski definition) is 3. The number of hydrogen-bond acceptors (Lipinski definition) is 15. The first-order chi connectivity index (χ1) is 48.7. The minimum absolute atomic E-state index is 0.114. The van der Waals surface area contributed by atoms with Crippen molar-refractivity contribution in [1.29, 1.82) is 0 Å². The van der Waals surface area contributed by atoms with Gasteiger partial charge in [0, 0.05) is 71.9 Å². The Balaban J connectivity index is 1.76. The first-order valence-corrected chi connectivity index (χ1v) is 37.8. The van der Waals surface area contributed by atoms with Crippen LogP contribution in [0.1, 0.15) is 286 Å². The minimum Gasteiger partial charge on any atom is -0.496 e. The van der Waals surface area contributed by atoms with Crippen LogP contribution >= 0.6 is 0 Å². The van der Waals surface area contributed by atoms with Crippen LogP contribution in [-0.2, 0) is 99.6 Å². The standard InChI is InChI=1S/C90H129N3O12/c1-52(2)31-73(82(94)100-28)91-103-79-61-34-55-40-67(85(7,8)9)42-57(76(55)97-25)36-63-48-71(89(19,20)21)50-65(80(63)104-92-74(32-53(3)4)83(95)101-29)38-59-44-69(87(13,14)15)45-60(78(59)99-27)39-66-51-72(90(22,23)24)49-64(81(66)105-93-75(33-54(5)6)84(96)102-30)37-58-43-68(86(10,11)12)41-56(77(58)98-26)35-62(79)47-70(46-61)88(16,17)18/h40-54,73-75,91-93H,31-39H2,1-30H3. The maximum atomic E-state index is 13.9. The van der Waals surface area contributed by atoms with Gasteiger partial charge in [-0.2, -0.15) is 0 Å². The van der Waals surface area contributed by atoms with Gasteiger partial charge in [-0.25, -0.2) is 0 Å². The van der Waals surface area contributed by atoms with E-state index in [1.807, 2.05) is 0 Å². The molecule has 15 nitrogen and oxygen atoms in total. The molecule has 0 radical (unpaired) electrons. The molecule has 0 saturated carbocycles. The summed E-state index contributed by atoms with van der Waals surface area (Å²) in [4.78, 5) is 63.1. The van der Waals surface area contributed by atoms with Crippen LogP contribution in [0.2, 0.25) is 0 Å². The molecule has 105 heavy (non-hydrogen) atoms. The van der Waals surface area contributed by atoms with Crippen molar-refractivity contribution in [1.82, 2.24) is 16.4 Å². The topological polar surface area (TPSA) is 170 Å². The normalized spacial score (nSPS) is 14.3. The summed E-state index contributed by atoms with van der Waals surface area (Å²) in [6, 6.07) is 24.7. The number of nitrogens with one attached hydrogen (secondary N) is 3. The number of hydroxylamine groups is 3. The second-order valence-electron chi connectivity index (χ2n) is 36.7. The molecule has 1 aliphatic carbocycles. The monoisotopic (exact) mass is 1440 g/mol. The Kier molecular flexibility index (Phi) is 27.5. The third-order valence-electron chi connectivity index (χ3n) is 20.0. The second kappa shape index (κ2) is 34.1. The van der Waals surface area contributed by atoms with Crippen LogP contribution in [0, 0.1) is 17.8 Å². The summed E-state index contributed by atoms with van der Waals surface area (Å²) in [7, 11) is 9.46. The number of ether oxygens (including phenoxy) is 6. The predicted octanol–water partition coefficient (Wildman–Crippen LogP) is 18.8. The van der Waals surface area contributed by atoms with Gasteiger partial charge in [-0.15, -0.1) is 16.4 Å². The highest BCUT2D eigenvalue weighted by molar-refractivity contribution is 5.76. The number of fused-ring (bicyclic) bond motifs is 12. The molecule has 0 heterocycles. The van der Waals surface area contributed by atoms with Gasteiger partial charge in [-0.05, 0) is 136 Å². The van der Waals surface area contributed by atoms with E-state index >= 15 is 0 Å². The summed E-state index contributed by atoms with van der Waals surface area (Å²) in [5, 5.41) is 0. The van der Waals surface area contributed by atoms with E-state index in [2.05, 4.69) is 255 Å². The van der Waals surface area contributed by atoms with Crippen molar-refractivity contribution in [3.05, 3.63) is 173 Å². The first kappa shape index (κ1) is 84.7. The van der Waals surface area contributed by atoms with Crippen molar-refractivity contribution in [3.63, 3.8) is 0 Å². The third-order valence-corrected chi connectivity index (χ3v) is 20.0. The Bertz CT molecular complexity index is 3490. The fourth-order valence-electron chi connectivity index (χ4n) is 13.9. The lowest BCUT2D eigenvalue weighted by Crippen LogP contribution is -2.41. The smallest absolute Gasteiger partial charge is 0.326 e. The molecule has 6 aromatic carbocycles.